The molecule has 6 nitrogen and oxygen atoms in total. The van der Waals surface area contributed by atoms with Crippen molar-refractivity contribution in [2.75, 3.05) is 11.3 Å². The van der Waals surface area contributed by atoms with E-state index in [0.29, 0.717) is 6.61 Å². The Labute approximate surface area is 124 Å². The molecule has 0 aliphatic heterocycles. The molecule has 0 atom stereocenters. The van der Waals surface area contributed by atoms with Gasteiger partial charge in [-0.15, -0.1) is 0 Å². The summed E-state index contributed by atoms with van der Waals surface area (Å²) in [6, 6.07) is 5.19. The molecule has 0 radical (unpaired) electrons. The lowest BCUT2D eigenvalue weighted by atomic mass is 10.1. The van der Waals surface area contributed by atoms with Gasteiger partial charge in [-0.3, -0.25) is 4.72 Å². The molecule has 2 rings (SSSR count). The van der Waals surface area contributed by atoms with Crippen molar-refractivity contribution in [3.8, 4) is 6.01 Å². The zero-order chi connectivity index (χ0) is 15.5. The molecule has 0 saturated heterocycles. The predicted molar refractivity (Wildman–Crippen MR) is 79.9 cm³/mol. The van der Waals surface area contributed by atoms with Crippen LogP contribution in [0.4, 0.5) is 5.69 Å². The van der Waals surface area contributed by atoms with E-state index in [1.807, 2.05) is 20.8 Å². The fraction of sp³-hybridized carbons (Fsp3) is 0.286. The van der Waals surface area contributed by atoms with Crippen LogP contribution in [-0.4, -0.2) is 25.0 Å². The molecule has 0 saturated carbocycles. The number of anilines is 1. The van der Waals surface area contributed by atoms with Gasteiger partial charge in [-0.1, -0.05) is 6.07 Å². The first kappa shape index (κ1) is 15.2. The van der Waals surface area contributed by atoms with Crippen molar-refractivity contribution < 1.29 is 13.2 Å². The molecule has 7 heteroatoms. The van der Waals surface area contributed by atoms with E-state index in [1.54, 1.807) is 18.2 Å². The summed E-state index contributed by atoms with van der Waals surface area (Å²) in [5.74, 6) is 0. The quantitative estimate of drug-likeness (QED) is 0.916. The fourth-order valence-electron chi connectivity index (χ4n) is 1.67. The van der Waals surface area contributed by atoms with E-state index >= 15 is 0 Å². The summed E-state index contributed by atoms with van der Waals surface area (Å²) in [7, 11) is -3.65. The predicted octanol–water partition coefficient (Wildman–Crippen LogP) is 2.29. The van der Waals surface area contributed by atoms with Crippen molar-refractivity contribution >= 4 is 15.7 Å². The van der Waals surface area contributed by atoms with Crippen molar-refractivity contribution in [2.45, 2.75) is 25.7 Å². The molecule has 112 valence electrons. The summed E-state index contributed by atoms with van der Waals surface area (Å²) >= 11 is 0. The number of nitrogens with one attached hydrogen (secondary N) is 1. The number of benzene rings is 1. The van der Waals surface area contributed by atoms with Gasteiger partial charge in [0, 0.05) is 0 Å². The maximum atomic E-state index is 12.3. The van der Waals surface area contributed by atoms with E-state index in [-0.39, 0.29) is 16.6 Å². The Kier molecular flexibility index (Phi) is 4.42. The molecular weight excluding hydrogens is 290 g/mol. The maximum absolute atomic E-state index is 12.3. The second kappa shape index (κ2) is 6.09. The Morgan fingerprint density at radius 2 is 1.81 bits per heavy atom. The molecule has 0 bridgehead atoms. The number of aryl methyl sites for hydroxylation is 2. The molecule has 1 aromatic carbocycles. The number of nitrogens with zero attached hydrogens (tertiary/aromatic N) is 2. The van der Waals surface area contributed by atoms with E-state index in [4.69, 9.17) is 4.74 Å². The third kappa shape index (κ3) is 3.69. The van der Waals surface area contributed by atoms with Crippen molar-refractivity contribution in [2.24, 2.45) is 0 Å². The number of sulfonamides is 1. The molecule has 0 unspecified atom stereocenters. The van der Waals surface area contributed by atoms with Crippen LogP contribution in [0.25, 0.3) is 0 Å². The van der Waals surface area contributed by atoms with Crippen LogP contribution in [0.1, 0.15) is 18.1 Å². The molecular formula is C14H17N3O3S. The van der Waals surface area contributed by atoms with Gasteiger partial charge >= 0.3 is 6.01 Å². The van der Waals surface area contributed by atoms with Crippen molar-refractivity contribution in [1.82, 2.24) is 9.97 Å². The van der Waals surface area contributed by atoms with Crippen LogP contribution in [0, 0.1) is 13.8 Å². The Bertz CT molecular complexity index is 728. The first-order valence-corrected chi connectivity index (χ1v) is 7.95. The molecule has 0 aliphatic rings. The first-order chi connectivity index (χ1) is 9.92. The lowest BCUT2D eigenvalue weighted by molar-refractivity contribution is 0.312. The molecule has 0 aliphatic carbocycles. The topological polar surface area (TPSA) is 81.2 Å². The highest BCUT2D eigenvalue weighted by Gasteiger charge is 2.15. The molecule has 1 heterocycles. The van der Waals surface area contributed by atoms with Crippen LogP contribution in [0.3, 0.4) is 0 Å². The normalized spacial score (nSPS) is 11.2. The van der Waals surface area contributed by atoms with Crippen LogP contribution >= 0.6 is 0 Å². The molecule has 0 spiro atoms. The van der Waals surface area contributed by atoms with Gasteiger partial charge < -0.3 is 4.74 Å². The van der Waals surface area contributed by atoms with Crippen LogP contribution in [0.2, 0.25) is 0 Å². The number of aromatic nitrogens is 2. The average Bonchev–Trinajstić information content (AvgIpc) is 2.44. The highest BCUT2D eigenvalue weighted by molar-refractivity contribution is 7.92. The van der Waals surface area contributed by atoms with E-state index in [0.717, 1.165) is 11.1 Å². The summed E-state index contributed by atoms with van der Waals surface area (Å²) in [5, 5.41) is 0. The van der Waals surface area contributed by atoms with E-state index in [1.165, 1.54) is 12.4 Å². The molecule has 0 fully saturated rings. The number of hydrogen-bond acceptors (Lipinski definition) is 5. The Morgan fingerprint density at radius 1 is 1.14 bits per heavy atom. The first-order valence-electron chi connectivity index (χ1n) is 6.47. The zero-order valence-electron chi connectivity index (χ0n) is 12.1. The van der Waals surface area contributed by atoms with Crippen molar-refractivity contribution in [3.05, 3.63) is 41.7 Å². The van der Waals surface area contributed by atoms with Gasteiger partial charge in [0.1, 0.15) is 0 Å². The summed E-state index contributed by atoms with van der Waals surface area (Å²) in [6.07, 6.45) is 2.74. The lowest BCUT2D eigenvalue weighted by Gasteiger charge is -2.09. The highest BCUT2D eigenvalue weighted by Crippen LogP contribution is 2.18. The maximum Gasteiger partial charge on any atom is 0.316 e. The van der Waals surface area contributed by atoms with Gasteiger partial charge in [-0.25, -0.2) is 18.4 Å². The molecule has 0 amide bonds. The second-order valence-electron chi connectivity index (χ2n) is 4.54. The minimum Gasteiger partial charge on any atom is -0.464 e. The van der Waals surface area contributed by atoms with E-state index in [2.05, 4.69) is 14.7 Å². The highest BCUT2D eigenvalue weighted by atomic mass is 32.2. The van der Waals surface area contributed by atoms with Crippen LogP contribution in [0.5, 0.6) is 6.01 Å². The fourth-order valence-corrected chi connectivity index (χ4v) is 2.78. The minimum absolute atomic E-state index is 0.208. The van der Waals surface area contributed by atoms with Crippen LogP contribution in [0.15, 0.2) is 35.5 Å². The minimum atomic E-state index is -3.65. The van der Waals surface area contributed by atoms with E-state index < -0.39 is 10.0 Å². The van der Waals surface area contributed by atoms with Gasteiger partial charge in [0.05, 0.1) is 29.6 Å². The summed E-state index contributed by atoms with van der Waals surface area (Å²) in [6.45, 7) is 6.07. The van der Waals surface area contributed by atoms with Gasteiger partial charge in [-0.05, 0) is 44.0 Å². The van der Waals surface area contributed by atoms with Crippen LogP contribution < -0.4 is 9.46 Å². The molecule has 1 aromatic heterocycles. The van der Waals surface area contributed by atoms with Crippen molar-refractivity contribution in [3.63, 3.8) is 0 Å². The summed E-state index contributed by atoms with van der Waals surface area (Å²) in [5.41, 5.74) is 2.25. The smallest absolute Gasteiger partial charge is 0.316 e. The summed E-state index contributed by atoms with van der Waals surface area (Å²) in [4.78, 5) is 8.04. The third-order valence-electron chi connectivity index (χ3n) is 2.94. The SMILES string of the molecule is CCOc1ncc(NS(=O)(=O)c2ccc(C)c(C)c2)cn1. The number of hydrogen-bond donors (Lipinski definition) is 1. The van der Waals surface area contributed by atoms with Gasteiger partial charge in [-0.2, -0.15) is 0 Å². The number of ether oxygens (including phenoxy) is 1. The standard InChI is InChI=1S/C14H17N3O3S/c1-4-20-14-15-8-12(9-16-14)17-21(18,19)13-6-5-10(2)11(3)7-13/h5-9,17H,4H2,1-3H3. The Hall–Kier alpha value is -2.15. The van der Waals surface area contributed by atoms with Crippen LogP contribution in [-0.2, 0) is 10.0 Å². The number of rotatable bonds is 5. The summed E-state index contributed by atoms with van der Waals surface area (Å²) < 4.78 is 32.1. The monoisotopic (exact) mass is 307 g/mol. The van der Waals surface area contributed by atoms with E-state index in [9.17, 15) is 8.42 Å². The average molecular weight is 307 g/mol. The Morgan fingerprint density at radius 3 is 2.38 bits per heavy atom. The Balaban J connectivity index is 2.22. The zero-order valence-corrected chi connectivity index (χ0v) is 12.9. The lowest BCUT2D eigenvalue weighted by Crippen LogP contribution is -2.13. The largest absolute Gasteiger partial charge is 0.464 e. The third-order valence-corrected chi connectivity index (χ3v) is 4.32. The molecule has 1 N–H and O–H groups in total. The van der Waals surface area contributed by atoms with Gasteiger partial charge in [0.15, 0.2) is 0 Å². The van der Waals surface area contributed by atoms with Gasteiger partial charge in [0.25, 0.3) is 10.0 Å². The van der Waals surface area contributed by atoms with Crippen molar-refractivity contribution in [1.29, 1.82) is 0 Å². The molecule has 2 aromatic rings. The second-order valence-corrected chi connectivity index (χ2v) is 6.22. The van der Waals surface area contributed by atoms with Gasteiger partial charge in [0.2, 0.25) is 0 Å². The molecule has 21 heavy (non-hydrogen) atoms.